The molecule has 0 amide bonds. The van der Waals surface area contributed by atoms with Crippen LogP contribution in [-0.4, -0.2) is 37.8 Å². The van der Waals surface area contributed by atoms with Crippen molar-refractivity contribution in [1.82, 2.24) is 19.8 Å². The Balaban J connectivity index is 1.85. The average Bonchev–Trinajstić information content (AvgIpc) is 3.19. The molecule has 30 heavy (non-hydrogen) atoms. The van der Waals surface area contributed by atoms with Crippen molar-refractivity contribution in [2.24, 2.45) is 0 Å². The van der Waals surface area contributed by atoms with E-state index in [9.17, 15) is 5.11 Å². The highest BCUT2D eigenvalue weighted by Crippen LogP contribution is 2.41. The largest absolute Gasteiger partial charge is 0.395 e. The van der Waals surface area contributed by atoms with Crippen molar-refractivity contribution < 1.29 is 5.11 Å². The standard InChI is InChI=1S/C22H22Cl2N4OS/c1-13-11-16(14(2)28(13)19-7-6-15(23)12-17(19)24)21-20(18-5-3-4-8-25-18)26-22(30)27(21)9-10-29/h3-8,11-12,20-21,29H,9-10H2,1-2H3,(H,26,30)/t20-,21+/m0/s1. The number of halogens is 2. The molecule has 0 spiro atoms. The van der Waals surface area contributed by atoms with Gasteiger partial charge in [0, 0.05) is 29.2 Å². The molecule has 0 aliphatic carbocycles. The molecule has 0 radical (unpaired) electrons. The summed E-state index contributed by atoms with van der Waals surface area (Å²) < 4.78 is 2.13. The number of thiocarbonyl (C=S) groups is 1. The second-order valence-electron chi connectivity index (χ2n) is 7.30. The second-order valence-corrected chi connectivity index (χ2v) is 8.53. The van der Waals surface area contributed by atoms with Gasteiger partial charge in [-0.3, -0.25) is 4.98 Å². The van der Waals surface area contributed by atoms with Crippen molar-refractivity contribution >= 4 is 40.5 Å². The first kappa shape index (κ1) is 21.1. The van der Waals surface area contributed by atoms with Gasteiger partial charge in [-0.2, -0.15) is 0 Å². The summed E-state index contributed by atoms with van der Waals surface area (Å²) in [7, 11) is 0. The van der Waals surface area contributed by atoms with E-state index in [1.807, 2.05) is 42.2 Å². The molecule has 3 aromatic rings. The molecule has 4 rings (SSSR count). The van der Waals surface area contributed by atoms with Crippen LogP contribution in [0.25, 0.3) is 5.69 Å². The van der Waals surface area contributed by atoms with Gasteiger partial charge in [-0.25, -0.2) is 0 Å². The number of aromatic nitrogens is 2. The summed E-state index contributed by atoms with van der Waals surface area (Å²) in [6.45, 7) is 4.57. The maximum atomic E-state index is 9.66. The van der Waals surface area contributed by atoms with Gasteiger partial charge in [0.15, 0.2) is 5.11 Å². The zero-order valence-corrected chi connectivity index (χ0v) is 19.0. The van der Waals surface area contributed by atoms with Gasteiger partial charge < -0.3 is 19.9 Å². The molecule has 1 aliphatic rings. The molecule has 8 heteroatoms. The fourth-order valence-electron chi connectivity index (χ4n) is 4.21. The third-order valence-electron chi connectivity index (χ3n) is 5.48. The molecule has 3 heterocycles. The second kappa shape index (κ2) is 8.55. The van der Waals surface area contributed by atoms with Gasteiger partial charge in [0.25, 0.3) is 0 Å². The Hall–Kier alpha value is -2.12. The number of pyridine rings is 1. The van der Waals surface area contributed by atoms with E-state index in [0.29, 0.717) is 21.7 Å². The van der Waals surface area contributed by atoms with Crippen LogP contribution in [0.3, 0.4) is 0 Å². The molecular weight excluding hydrogens is 439 g/mol. The van der Waals surface area contributed by atoms with Crippen LogP contribution in [0.1, 0.15) is 34.7 Å². The molecule has 2 aromatic heterocycles. The monoisotopic (exact) mass is 460 g/mol. The molecule has 1 aliphatic heterocycles. The Morgan fingerprint density at radius 2 is 1.97 bits per heavy atom. The zero-order valence-electron chi connectivity index (χ0n) is 16.6. The highest BCUT2D eigenvalue weighted by molar-refractivity contribution is 7.80. The van der Waals surface area contributed by atoms with Gasteiger partial charge in [0.2, 0.25) is 0 Å². The highest BCUT2D eigenvalue weighted by Gasteiger charge is 2.41. The summed E-state index contributed by atoms with van der Waals surface area (Å²) in [5, 5.41) is 14.9. The normalized spacial score (nSPS) is 18.7. The van der Waals surface area contributed by atoms with Gasteiger partial charge in [0.05, 0.1) is 35.1 Å². The lowest BCUT2D eigenvalue weighted by molar-refractivity contribution is 0.223. The smallest absolute Gasteiger partial charge is 0.170 e. The third kappa shape index (κ3) is 3.69. The lowest BCUT2D eigenvalue weighted by Crippen LogP contribution is -2.32. The summed E-state index contributed by atoms with van der Waals surface area (Å²) in [6, 6.07) is 13.3. The van der Waals surface area contributed by atoms with E-state index in [2.05, 4.69) is 27.9 Å². The molecule has 2 N–H and O–H groups in total. The first-order valence-electron chi connectivity index (χ1n) is 9.65. The Kier molecular flexibility index (Phi) is 6.02. The lowest BCUT2D eigenvalue weighted by Gasteiger charge is -2.27. The van der Waals surface area contributed by atoms with E-state index in [0.717, 1.165) is 28.3 Å². The minimum absolute atomic E-state index is 0.00894. The Morgan fingerprint density at radius 1 is 1.17 bits per heavy atom. The summed E-state index contributed by atoms with van der Waals surface area (Å²) in [5.74, 6) is 0. The quantitative estimate of drug-likeness (QED) is 0.537. The molecule has 0 unspecified atom stereocenters. The molecule has 2 atom stereocenters. The third-order valence-corrected chi connectivity index (χ3v) is 6.37. The Bertz CT molecular complexity index is 1090. The number of aryl methyl sites for hydroxylation is 1. The van der Waals surface area contributed by atoms with Crippen molar-refractivity contribution in [2.45, 2.75) is 25.9 Å². The van der Waals surface area contributed by atoms with E-state index < -0.39 is 0 Å². The van der Waals surface area contributed by atoms with Crippen LogP contribution in [0.5, 0.6) is 0 Å². The first-order chi connectivity index (χ1) is 14.4. The molecule has 1 aromatic carbocycles. The zero-order chi connectivity index (χ0) is 21.4. The van der Waals surface area contributed by atoms with E-state index in [4.69, 9.17) is 35.4 Å². The van der Waals surface area contributed by atoms with E-state index in [1.54, 1.807) is 12.3 Å². The number of aliphatic hydroxyl groups excluding tert-OH is 1. The predicted molar refractivity (Wildman–Crippen MR) is 125 cm³/mol. The van der Waals surface area contributed by atoms with Crippen LogP contribution in [0.15, 0.2) is 48.7 Å². The minimum Gasteiger partial charge on any atom is -0.395 e. The van der Waals surface area contributed by atoms with E-state index >= 15 is 0 Å². The number of β-amino-alcohol motifs (C(OH)–C–C–N with tert-alkyl or cyclic N) is 1. The number of nitrogens with zero attached hydrogens (tertiary/aromatic N) is 3. The van der Waals surface area contributed by atoms with Crippen molar-refractivity contribution in [3.63, 3.8) is 0 Å². The van der Waals surface area contributed by atoms with E-state index in [1.165, 1.54) is 0 Å². The van der Waals surface area contributed by atoms with Crippen LogP contribution < -0.4 is 5.32 Å². The Morgan fingerprint density at radius 3 is 2.63 bits per heavy atom. The lowest BCUT2D eigenvalue weighted by atomic mass is 9.97. The fraction of sp³-hybridized carbons (Fsp3) is 0.273. The Labute approximate surface area is 191 Å². The van der Waals surface area contributed by atoms with E-state index in [-0.39, 0.29) is 18.7 Å². The maximum Gasteiger partial charge on any atom is 0.170 e. The molecule has 0 saturated carbocycles. The number of rotatable bonds is 5. The summed E-state index contributed by atoms with van der Waals surface area (Å²) in [4.78, 5) is 6.58. The first-order valence-corrected chi connectivity index (χ1v) is 10.8. The molecular formula is C22H22Cl2N4OS. The van der Waals surface area contributed by atoms with Gasteiger partial charge in [-0.1, -0.05) is 29.3 Å². The maximum absolute atomic E-state index is 9.66. The van der Waals surface area contributed by atoms with Crippen LogP contribution in [-0.2, 0) is 0 Å². The molecule has 1 saturated heterocycles. The van der Waals surface area contributed by atoms with Crippen molar-refractivity contribution in [1.29, 1.82) is 0 Å². The summed E-state index contributed by atoms with van der Waals surface area (Å²) in [6.07, 6.45) is 1.78. The summed E-state index contributed by atoms with van der Waals surface area (Å²) in [5.41, 5.74) is 4.99. The SMILES string of the molecule is Cc1cc([C@@H]2[C@H](c3ccccn3)NC(=S)N2CCO)c(C)n1-c1ccc(Cl)cc1Cl. The van der Waals surface area contributed by atoms with Crippen molar-refractivity contribution in [3.8, 4) is 5.69 Å². The van der Waals surface area contributed by atoms with Gasteiger partial charge in [-0.05, 0) is 68.0 Å². The molecule has 0 bridgehead atoms. The van der Waals surface area contributed by atoms with Crippen LogP contribution in [0.4, 0.5) is 0 Å². The van der Waals surface area contributed by atoms with Crippen LogP contribution >= 0.6 is 35.4 Å². The van der Waals surface area contributed by atoms with Gasteiger partial charge in [-0.15, -0.1) is 0 Å². The predicted octanol–water partition coefficient (Wildman–Crippen LogP) is 4.76. The number of hydrogen-bond donors (Lipinski definition) is 2. The van der Waals surface area contributed by atoms with Crippen LogP contribution in [0, 0.1) is 13.8 Å². The topological polar surface area (TPSA) is 53.3 Å². The van der Waals surface area contributed by atoms with Crippen LogP contribution in [0.2, 0.25) is 10.0 Å². The van der Waals surface area contributed by atoms with Gasteiger partial charge in [0.1, 0.15) is 0 Å². The minimum atomic E-state index is -0.125. The van der Waals surface area contributed by atoms with Crippen molar-refractivity contribution in [3.05, 3.63) is 81.4 Å². The van der Waals surface area contributed by atoms with Crippen molar-refractivity contribution in [2.75, 3.05) is 13.2 Å². The number of benzene rings is 1. The number of aliphatic hydroxyl groups is 1. The molecule has 5 nitrogen and oxygen atoms in total. The molecule has 1 fully saturated rings. The number of hydrogen-bond acceptors (Lipinski definition) is 3. The molecule has 156 valence electrons. The number of nitrogens with one attached hydrogen (secondary N) is 1. The summed E-state index contributed by atoms with van der Waals surface area (Å²) >= 11 is 18.2. The van der Waals surface area contributed by atoms with Gasteiger partial charge >= 0.3 is 0 Å². The fourth-order valence-corrected chi connectivity index (χ4v) is 5.04. The highest BCUT2D eigenvalue weighted by atomic mass is 35.5. The average molecular weight is 461 g/mol.